The van der Waals surface area contributed by atoms with Gasteiger partial charge in [-0.25, -0.2) is 0 Å². The molecule has 0 aliphatic heterocycles. The van der Waals surface area contributed by atoms with Crippen molar-refractivity contribution in [1.29, 1.82) is 0 Å². The number of ether oxygens (including phenoxy) is 1. The lowest BCUT2D eigenvalue weighted by molar-refractivity contribution is -0.0483. The molecule has 116 valence electrons. The second-order valence-electron chi connectivity index (χ2n) is 5.97. The van der Waals surface area contributed by atoms with E-state index in [9.17, 15) is 0 Å². The summed E-state index contributed by atoms with van der Waals surface area (Å²) in [6.45, 7) is 9.41. The maximum Gasteiger partial charge on any atom is 0.0801 e. The first-order valence-electron chi connectivity index (χ1n) is 8.50. The van der Waals surface area contributed by atoms with E-state index in [4.69, 9.17) is 10.5 Å². The normalized spacial score (nSPS) is 16.3. The molecule has 0 fully saturated rings. The van der Waals surface area contributed by atoms with Crippen LogP contribution >= 0.6 is 0 Å². The number of unbranched alkanes of at least 4 members (excludes halogenated alkanes) is 7. The first-order chi connectivity index (χ1) is 9.10. The van der Waals surface area contributed by atoms with Crippen molar-refractivity contribution in [3.8, 4) is 0 Å². The van der Waals surface area contributed by atoms with Crippen molar-refractivity contribution in [3.05, 3.63) is 0 Å². The van der Waals surface area contributed by atoms with E-state index >= 15 is 0 Å². The van der Waals surface area contributed by atoms with Crippen LogP contribution in [0.25, 0.3) is 0 Å². The van der Waals surface area contributed by atoms with E-state index < -0.39 is 0 Å². The van der Waals surface area contributed by atoms with Gasteiger partial charge < -0.3 is 10.5 Å². The van der Waals surface area contributed by atoms with E-state index in [0.29, 0.717) is 0 Å². The molecule has 0 aromatic rings. The van der Waals surface area contributed by atoms with Crippen LogP contribution in [0.15, 0.2) is 0 Å². The van der Waals surface area contributed by atoms with Crippen molar-refractivity contribution >= 4 is 0 Å². The first kappa shape index (κ1) is 18.9. The summed E-state index contributed by atoms with van der Waals surface area (Å²) in [6, 6.07) is 0.178. The molecule has 0 radical (unpaired) electrons. The predicted octanol–water partition coefficient (Wildman–Crippen LogP) is 5.05. The fraction of sp³-hybridized carbons (Fsp3) is 1.00. The summed E-state index contributed by atoms with van der Waals surface area (Å²) in [4.78, 5) is 0. The zero-order valence-corrected chi connectivity index (χ0v) is 13.8. The molecule has 0 aromatic carbocycles. The molecular weight excluding hydrogens is 234 g/mol. The highest BCUT2D eigenvalue weighted by molar-refractivity contribution is 4.85. The molecule has 2 nitrogen and oxygen atoms in total. The minimum Gasteiger partial charge on any atom is -0.374 e. The van der Waals surface area contributed by atoms with Gasteiger partial charge in [0.15, 0.2) is 0 Å². The molecule has 2 unspecified atom stereocenters. The summed E-state index contributed by atoms with van der Waals surface area (Å²) in [5.74, 6) is 0. The molecule has 2 N–H and O–H groups in total. The van der Waals surface area contributed by atoms with E-state index in [1.54, 1.807) is 0 Å². The molecule has 0 spiro atoms. The predicted molar refractivity (Wildman–Crippen MR) is 85.5 cm³/mol. The molecule has 0 saturated heterocycles. The van der Waals surface area contributed by atoms with E-state index in [-0.39, 0.29) is 11.6 Å². The van der Waals surface area contributed by atoms with Crippen LogP contribution in [0, 0.1) is 0 Å². The van der Waals surface area contributed by atoms with Gasteiger partial charge >= 0.3 is 0 Å². The minimum atomic E-state index is -0.129. The van der Waals surface area contributed by atoms with Crippen LogP contribution in [-0.4, -0.2) is 18.2 Å². The second-order valence-corrected chi connectivity index (χ2v) is 5.97. The highest BCUT2D eigenvalue weighted by Crippen LogP contribution is 2.22. The van der Waals surface area contributed by atoms with Crippen molar-refractivity contribution in [2.75, 3.05) is 6.61 Å². The maximum atomic E-state index is 6.30. The summed E-state index contributed by atoms with van der Waals surface area (Å²) >= 11 is 0. The molecule has 2 heteroatoms. The smallest absolute Gasteiger partial charge is 0.0801 e. The van der Waals surface area contributed by atoms with Crippen LogP contribution in [-0.2, 0) is 4.74 Å². The lowest BCUT2D eigenvalue weighted by atomic mass is 9.89. The van der Waals surface area contributed by atoms with Gasteiger partial charge in [-0.05, 0) is 26.7 Å². The van der Waals surface area contributed by atoms with E-state index in [1.165, 1.54) is 51.4 Å². The molecule has 0 aromatic heterocycles. The third-order valence-corrected chi connectivity index (χ3v) is 4.33. The largest absolute Gasteiger partial charge is 0.374 e. The Balaban J connectivity index is 3.59. The van der Waals surface area contributed by atoms with Crippen LogP contribution in [0.1, 0.15) is 91.9 Å². The summed E-state index contributed by atoms with van der Waals surface area (Å²) < 4.78 is 5.84. The summed E-state index contributed by atoms with van der Waals surface area (Å²) in [7, 11) is 0. The van der Waals surface area contributed by atoms with Crippen molar-refractivity contribution in [2.45, 2.75) is 104 Å². The number of hydrogen-bond acceptors (Lipinski definition) is 2. The van der Waals surface area contributed by atoms with Crippen molar-refractivity contribution < 1.29 is 4.74 Å². The van der Waals surface area contributed by atoms with Gasteiger partial charge in [-0.3, -0.25) is 0 Å². The average Bonchev–Trinajstić information content (AvgIpc) is 2.41. The Kier molecular flexibility index (Phi) is 11.7. The fourth-order valence-corrected chi connectivity index (χ4v) is 2.60. The van der Waals surface area contributed by atoms with Crippen LogP contribution < -0.4 is 5.73 Å². The third-order valence-electron chi connectivity index (χ3n) is 4.33. The van der Waals surface area contributed by atoms with E-state index in [0.717, 1.165) is 19.4 Å². The van der Waals surface area contributed by atoms with Gasteiger partial charge in [0, 0.05) is 12.6 Å². The zero-order valence-electron chi connectivity index (χ0n) is 13.8. The van der Waals surface area contributed by atoms with Gasteiger partial charge in [0.1, 0.15) is 0 Å². The van der Waals surface area contributed by atoms with Gasteiger partial charge in [0.2, 0.25) is 0 Å². The lowest BCUT2D eigenvalue weighted by Gasteiger charge is -2.34. The molecule has 19 heavy (non-hydrogen) atoms. The van der Waals surface area contributed by atoms with Gasteiger partial charge in [-0.15, -0.1) is 0 Å². The fourth-order valence-electron chi connectivity index (χ4n) is 2.60. The maximum absolute atomic E-state index is 6.30. The Labute approximate surface area is 121 Å². The monoisotopic (exact) mass is 271 g/mol. The highest BCUT2D eigenvalue weighted by Gasteiger charge is 2.29. The zero-order chi connectivity index (χ0) is 14.6. The Morgan fingerprint density at radius 3 is 1.89 bits per heavy atom. The summed E-state index contributed by atoms with van der Waals surface area (Å²) in [6.07, 6.45) is 13.0. The molecule has 0 amide bonds. The van der Waals surface area contributed by atoms with Crippen molar-refractivity contribution in [2.24, 2.45) is 5.73 Å². The van der Waals surface area contributed by atoms with Crippen LogP contribution in [0.4, 0.5) is 0 Å². The summed E-state index contributed by atoms with van der Waals surface area (Å²) in [5.41, 5.74) is 6.18. The molecule has 2 atom stereocenters. The van der Waals surface area contributed by atoms with Gasteiger partial charge in [0.05, 0.1) is 5.60 Å². The van der Waals surface area contributed by atoms with E-state index in [1.807, 2.05) is 0 Å². The van der Waals surface area contributed by atoms with Crippen LogP contribution in [0.3, 0.4) is 0 Å². The molecular formula is C17H37NO. The minimum absolute atomic E-state index is 0.129. The number of rotatable bonds is 13. The molecule has 0 aliphatic carbocycles. The topological polar surface area (TPSA) is 35.2 Å². The van der Waals surface area contributed by atoms with Crippen LogP contribution in [0.5, 0.6) is 0 Å². The quantitative estimate of drug-likeness (QED) is 0.476. The third kappa shape index (κ3) is 8.65. The lowest BCUT2D eigenvalue weighted by Crippen LogP contribution is -2.47. The molecule has 0 saturated carbocycles. The molecule has 0 heterocycles. The Bertz CT molecular complexity index is 196. The molecule has 0 bridgehead atoms. The van der Waals surface area contributed by atoms with Gasteiger partial charge in [-0.1, -0.05) is 65.2 Å². The van der Waals surface area contributed by atoms with Crippen molar-refractivity contribution in [3.63, 3.8) is 0 Å². The Morgan fingerprint density at radius 1 is 0.895 bits per heavy atom. The Hall–Kier alpha value is -0.0800. The average molecular weight is 271 g/mol. The van der Waals surface area contributed by atoms with Gasteiger partial charge in [0.25, 0.3) is 0 Å². The standard InChI is InChI=1S/C17H37NO/c1-5-8-9-10-11-12-13-14-15-16(18)17(4,6-2)19-7-3/h16H,5-15,18H2,1-4H3. The summed E-state index contributed by atoms with van der Waals surface area (Å²) in [5, 5.41) is 0. The SMILES string of the molecule is CCCCCCCCCCC(N)C(C)(CC)OCC. The molecule has 0 aliphatic rings. The van der Waals surface area contributed by atoms with Gasteiger partial charge in [-0.2, -0.15) is 0 Å². The highest BCUT2D eigenvalue weighted by atomic mass is 16.5. The van der Waals surface area contributed by atoms with Crippen LogP contribution in [0.2, 0.25) is 0 Å². The second kappa shape index (κ2) is 11.7. The first-order valence-corrected chi connectivity index (χ1v) is 8.50. The van der Waals surface area contributed by atoms with E-state index in [2.05, 4.69) is 27.7 Å². The number of nitrogens with two attached hydrogens (primary N) is 1. The molecule has 0 rings (SSSR count). The number of hydrogen-bond donors (Lipinski definition) is 1. The van der Waals surface area contributed by atoms with Crippen molar-refractivity contribution in [1.82, 2.24) is 0 Å². The Morgan fingerprint density at radius 2 is 1.42 bits per heavy atom.